The van der Waals surface area contributed by atoms with E-state index >= 15 is 0 Å². The minimum absolute atomic E-state index is 0.00546. The highest BCUT2D eigenvalue weighted by atomic mass is 19.1. The van der Waals surface area contributed by atoms with Crippen molar-refractivity contribution in [1.82, 2.24) is 9.88 Å². The van der Waals surface area contributed by atoms with Crippen LogP contribution < -0.4 is 15.1 Å². The fourth-order valence-electron chi connectivity index (χ4n) is 6.28. The summed E-state index contributed by atoms with van der Waals surface area (Å²) in [5.74, 6) is 0.985. The van der Waals surface area contributed by atoms with Gasteiger partial charge in [0.2, 0.25) is 0 Å². The molecular weight excluding hydrogens is 497 g/mol. The van der Waals surface area contributed by atoms with Gasteiger partial charge in [-0.15, -0.1) is 0 Å². The summed E-state index contributed by atoms with van der Waals surface area (Å²) >= 11 is 0. The van der Waals surface area contributed by atoms with E-state index < -0.39 is 11.8 Å². The Morgan fingerprint density at radius 3 is 2.51 bits per heavy atom. The van der Waals surface area contributed by atoms with Crippen molar-refractivity contribution in [2.24, 2.45) is 11.8 Å². The number of aliphatic hydroxyl groups is 1. The molecule has 5 atom stereocenters. The zero-order chi connectivity index (χ0) is 28.1. The van der Waals surface area contributed by atoms with Gasteiger partial charge in [0.25, 0.3) is 0 Å². The summed E-state index contributed by atoms with van der Waals surface area (Å²) in [4.78, 5) is 23.3. The number of nitrogens with zero attached hydrogens (tertiary/aromatic N) is 4. The molecule has 9 heteroatoms. The van der Waals surface area contributed by atoms with Crippen LogP contribution in [0.25, 0.3) is 0 Å². The second-order valence-electron chi connectivity index (χ2n) is 12.4. The van der Waals surface area contributed by atoms with Crippen LogP contribution in [0.2, 0.25) is 0 Å². The monoisotopic (exact) mass is 539 g/mol. The highest BCUT2D eigenvalue weighted by Gasteiger charge is 2.47. The maximum atomic E-state index is 13.6. The number of nitrogens with one attached hydrogen (secondary N) is 1. The number of benzene rings is 1. The molecule has 3 aliphatic rings. The van der Waals surface area contributed by atoms with Crippen molar-refractivity contribution >= 4 is 23.3 Å². The van der Waals surface area contributed by atoms with Crippen molar-refractivity contribution in [1.29, 1.82) is 0 Å². The van der Waals surface area contributed by atoms with Gasteiger partial charge in [0.05, 0.1) is 12.2 Å². The molecule has 2 aromatic rings. The molecule has 1 saturated heterocycles. The van der Waals surface area contributed by atoms with Crippen molar-refractivity contribution in [3.05, 3.63) is 47.9 Å². The summed E-state index contributed by atoms with van der Waals surface area (Å²) < 4.78 is 19.2. The molecule has 1 aliphatic carbocycles. The molecule has 5 rings (SSSR count). The number of carbonyl (C=O) groups excluding carboxylic acids is 1. The van der Waals surface area contributed by atoms with Gasteiger partial charge < -0.3 is 29.9 Å². The van der Waals surface area contributed by atoms with Crippen LogP contribution in [0.1, 0.15) is 66.0 Å². The summed E-state index contributed by atoms with van der Waals surface area (Å²) in [5.41, 5.74) is 2.65. The first-order valence-electron chi connectivity index (χ1n) is 14.2. The zero-order valence-corrected chi connectivity index (χ0v) is 23.9. The third-order valence-corrected chi connectivity index (χ3v) is 8.17. The van der Waals surface area contributed by atoms with Crippen LogP contribution in [0.4, 0.5) is 26.4 Å². The second-order valence-corrected chi connectivity index (χ2v) is 12.4. The van der Waals surface area contributed by atoms with Gasteiger partial charge in [-0.1, -0.05) is 6.92 Å². The van der Waals surface area contributed by atoms with Crippen LogP contribution in [0.5, 0.6) is 0 Å². The van der Waals surface area contributed by atoms with Gasteiger partial charge in [0.1, 0.15) is 23.5 Å². The first kappa shape index (κ1) is 27.5. The first-order chi connectivity index (χ1) is 18.4. The summed E-state index contributed by atoms with van der Waals surface area (Å²) in [6.45, 7) is 13.7. The maximum Gasteiger partial charge on any atom is 0.410 e. The lowest BCUT2D eigenvalue weighted by Crippen LogP contribution is -2.55. The lowest BCUT2D eigenvalue weighted by molar-refractivity contribution is 0.0159. The van der Waals surface area contributed by atoms with Crippen molar-refractivity contribution in [2.45, 2.75) is 84.3 Å². The summed E-state index contributed by atoms with van der Waals surface area (Å²) in [7, 11) is 0. The third-order valence-electron chi connectivity index (χ3n) is 8.17. The number of amides is 1. The molecule has 8 nitrogen and oxygen atoms in total. The van der Waals surface area contributed by atoms with Gasteiger partial charge in [-0.05, 0) is 83.7 Å². The quantitative estimate of drug-likeness (QED) is 0.527. The molecule has 1 aromatic heterocycles. The molecule has 1 unspecified atom stereocenters. The van der Waals surface area contributed by atoms with E-state index in [9.17, 15) is 14.3 Å². The number of aromatic nitrogens is 1. The van der Waals surface area contributed by atoms with E-state index in [-0.39, 0.29) is 36.0 Å². The number of ether oxygens (including phenoxy) is 1. The van der Waals surface area contributed by atoms with Gasteiger partial charge in [-0.3, -0.25) is 0 Å². The van der Waals surface area contributed by atoms with Crippen molar-refractivity contribution in [3.63, 3.8) is 0 Å². The van der Waals surface area contributed by atoms with Crippen LogP contribution in [0.3, 0.4) is 0 Å². The normalized spacial score (nSPS) is 26.2. The molecule has 0 bridgehead atoms. The van der Waals surface area contributed by atoms with Crippen LogP contribution in [0.15, 0.2) is 36.5 Å². The molecule has 1 aromatic carbocycles. The van der Waals surface area contributed by atoms with Crippen LogP contribution in [0, 0.1) is 17.7 Å². The molecule has 0 spiro atoms. The predicted octanol–water partition coefficient (Wildman–Crippen LogP) is 5.39. The molecule has 212 valence electrons. The fourth-order valence-corrected chi connectivity index (χ4v) is 6.28. The molecule has 3 heterocycles. The number of halogens is 1. The van der Waals surface area contributed by atoms with Gasteiger partial charge in [0, 0.05) is 54.6 Å². The molecule has 39 heavy (non-hydrogen) atoms. The van der Waals surface area contributed by atoms with E-state index in [0.717, 1.165) is 29.8 Å². The Labute approximate surface area is 231 Å². The molecule has 2 aliphatic heterocycles. The predicted molar refractivity (Wildman–Crippen MR) is 151 cm³/mol. The molecule has 2 N–H and O–H groups in total. The number of rotatable bonds is 5. The number of hydrogen-bond acceptors (Lipinski definition) is 7. The zero-order valence-electron chi connectivity index (χ0n) is 23.9. The van der Waals surface area contributed by atoms with E-state index in [0.29, 0.717) is 31.4 Å². The van der Waals surface area contributed by atoms with Crippen LogP contribution in [-0.2, 0) is 4.74 Å². The lowest BCUT2D eigenvalue weighted by Gasteiger charge is -2.49. The number of hydrogen-bond donors (Lipinski definition) is 2. The largest absolute Gasteiger partial charge is 0.444 e. The standard InChI is InChI=1S/C30H42FN5O3/c1-18-17-34(13-14-35(18)29(38)39-30(4,5)6)23-10-11-25-24(15-23)27(33-26-12-9-22(31)16-32-26)19(2)28(21-7-8-21)36(25)20(3)37/h9-12,15-16,18-21,27-28,37H,7-8,13-14,17H2,1-6H3,(H,32,33)/t18-,19+,20?,27+,28+/m0/s1. The number of fused-ring (bicyclic) bond motifs is 1. The van der Waals surface area contributed by atoms with Crippen molar-refractivity contribution in [2.75, 3.05) is 34.8 Å². The Balaban J connectivity index is 1.45. The molecule has 0 radical (unpaired) electrons. The number of anilines is 3. The van der Waals surface area contributed by atoms with Gasteiger partial charge in [0.15, 0.2) is 0 Å². The number of piperazine rings is 1. The van der Waals surface area contributed by atoms with E-state index in [1.54, 1.807) is 6.07 Å². The average molecular weight is 540 g/mol. The number of pyridine rings is 1. The first-order valence-corrected chi connectivity index (χ1v) is 14.2. The van der Waals surface area contributed by atoms with Gasteiger partial charge in [-0.2, -0.15) is 0 Å². The van der Waals surface area contributed by atoms with Gasteiger partial charge >= 0.3 is 6.09 Å². The average Bonchev–Trinajstić information content (AvgIpc) is 3.70. The highest BCUT2D eigenvalue weighted by molar-refractivity contribution is 5.70. The molecule has 1 saturated carbocycles. The van der Waals surface area contributed by atoms with E-state index in [1.807, 2.05) is 32.6 Å². The second kappa shape index (κ2) is 10.5. The van der Waals surface area contributed by atoms with Crippen molar-refractivity contribution < 1.29 is 19.0 Å². The van der Waals surface area contributed by atoms with E-state index in [1.165, 1.54) is 12.3 Å². The van der Waals surface area contributed by atoms with Crippen LogP contribution in [-0.4, -0.2) is 64.6 Å². The topological polar surface area (TPSA) is 81.2 Å². The smallest absolute Gasteiger partial charge is 0.410 e. The summed E-state index contributed by atoms with van der Waals surface area (Å²) in [6.07, 6.45) is 2.66. The Hall–Kier alpha value is -3.07. The summed E-state index contributed by atoms with van der Waals surface area (Å²) in [5, 5.41) is 14.5. The Morgan fingerprint density at radius 2 is 1.92 bits per heavy atom. The molecule has 1 amide bonds. The maximum absolute atomic E-state index is 13.6. The number of carbonyl (C=O) groups is 1. The van der Waals surface area contributed by atoms with E-state index in [2.05, 4.69) is 52.1 Å². The molecular formula is C30H42FN5O3. The summed E-state index contributed by atoms with van der Waals surface area (Å²) in [6, 6.07) is 9.68. The minimum atomic E-state index is -0.620. The lowest BCUT2D eigenvalue weighted by atomic mass is 9.79. The SMILES string of the molecule is CC(O)N1c2ccc(N3CCN(C(=O)OC(C)(C)C)[C@@H](C)C3)cc2[C@H](Nc2ccc(F)cn2)[C@@H](C)[C@@H]1C1CC1. The Kier molecular flexibility index (Phi) is 7.39. The molecule has 2 fully saturated rings. The fraction of sp³-hybridized carbons (Fsp3) is 0.600. The third kappa shape index (κ3) is 5.78. The highest BCUT2D eigenvalue weighted by Crippen LogP contribution is 2.51. The number of aliphatic hydroxyl groups excluding tert-OH is 1. The van der Waals surface area contributed by atoms with Crippen LogP contribution >= 0.6 is 0 Å². The van der Waals surface area contributed by atoms with Gasteiger partial charge in [-0.25, -0.2) is 14.2 Å². The Bertz CT molecular complexity index is 1180. The van der Waals surface area contributed by atoms with Crippen molar-refractivity contribution in [3.8, 4) is 0 Å². The Morgan fingerprint density at radius 1 is 1.18 bits per heavy atom. The van der Waals surface area contributed by atoms with E-state index in [4.69, 9.17) is 4.74 Å². The minimum Gasteiger partial charge on any atom is -0.444 e.